The fourth-order valence-corrected chi connectivity index (χ4v) is 1.43. The number of hydrogen-bond donors (Lipinski definition) is 3. The number of aliphatic carboxylic acids is 1. The second kappa shape index (κ2) is 5.91. The van der Waals surface area contributed by atoms with Gasteiger partial charge in [0, 0.05) is 17.2 Å². The van der Waals surface area contributed by atoms with Gasteiger partial charge in [0.05, 0.1) is 11.5 Å². The number of carboxylic acids is 1. The van der Waals surface area contributed by atoms with E-state index in [1.54, 1.807) is 0 Å². The maximum absolute atomic E-state index is 11.7. The lowest BCUT2D eigenvalue weighted by Crippen LogP contribution is -2.43. The van der Waals surface area contributed by atoms with Crippen molar-refractivity contribution in [2.75, 3.05) is 6.61 Å². The van der Waals surface area contributed by atoms with E-state index in [0.29, 0.717) is 0 Å². The molecule has 1 amide bonds. The summed E-state index contributed by atoms with van der Waals surface area (Å²) in [5.74, 6) is -2.09. The number of carbonyl (C=O) groups is 2. The topological polar surface area (TPSA) is 130 Å². The van der Waals surface area contributed by atoms with Crippen LogP contribution in [0.25, 0.3) is 0 Å². The van der Waals surface area contributed by atoms with E-state index in [1.165, 1.54) is 25.1 Å². The summed E-state index contributed by atoms with van der Waals surface area (Å²) < 4.78 is 0. The summed E-state index contributed by atoms with van der Waals surface area (Å²) in [7, 11) is 0. The third-order valence-corrected chi connectivity index (χ3v) is 2.44. The molecular formula is C11H12N2O6. The molecule has 1 unspecified atom stereocenters. The highest BCUT2D eigenvalue weighted by molar-refractivity contribution is 5.97. The number of benzene rings is 1. The molecule has 0 aliphatic rings. The first-order valence-corrected chi connectivity index (χ1v) is 5.26. The van der Waals surface area contributed by atoms with E-state index in [1.807, 2.05) is 0 Å². The van der Waals surface area contributed by atoms with Crippen molar-refractivity contribution in [3.05, 3.63) is 39.4 Å². The molecule has 0 aromatic heterocycles. The first-order valence-electron chi connectivity index (χ1n) is 5.26. The highest BCUT2D eigenvalue weighted by atomic mass is 16.6. The first kappa shape index (κ1) is 14.6. The molecule has 0 saturated heterocycles. The Morgan fingerprint density at radius 1 is 1.47 bits per heavy atom. The van der Waals surface area contributed by atoms with E-state index in [0.717, 1.165) is 0 Å². The van der Waals surface area contributed by atoms with Crippen molar-refractivity contribution < 1.29 is 24.7 Å². The van der Waals surface area contributed by atoms with Crippen LogP contribution in [0.4, 0.5) is 5.69 Å². The summed E-state index contributed by atoms with van der Waals surface area (Å²) in [4.78, 5) is 32.4. The fraction of sp³-hybridized carbons (Fsp3) is 0.273. The van der Waals surface area contributed by atoms with Gasteiger partial charge in [-0.05, 0) is 19.1 Å². The van der Waals surface area contributed by atoms with Crippen molar-refractivity contribution >= 4 is 17.6 Å². The van der Waals surface area contributed by atoms with Crippen LogP contribution >= 0.6 is 0 Å². The number of aryl methyl sites for hydroxylation is 1. The van der Waals surface area contributed by atoms with E-state index in [4.69, 9.17) is 10.2 Å². The molecule has 0 aliphatic carbocycles. The molecule has 0 saturated carbocycles. The van der Waals surface area contributed by atoms with E-state index < -0.39 is 29.4 Å². The summed E-state index contributed by atoms with van der Waals surface area (Å²) in [6.07, 6.45) is 0. The molecule has 0 heterocycles. The van der Waals surface area contributed by atoms with Gasteiger partial charge in [0.25, 0.3) is 11.6 Å². The van der Waals surface area contributed by atoms with Crippen LogP contribution in [0.1, 0.15) is 15.9 Å². The van der Waals surface area contributed by atoms with Crippen molar-refractivity contribution in [3.8, 4) is 0 Å². The SMILES string of the molecule is Cc1cc(C(=O)NC(CO)C(=O)O)ccc1[N+](=O)[O-]. The zero-order chi connectivity index (χ0) is 14.6. The summed E-state index contributed by atoms with van der Waals surface area (Å²) in [5.41, 5.74) is 0.241. The predicted molar refractivity (Wildman–Crippen MR) is 63.8 cm³/mol. The number of aliphatic hydroxyl groups is 1. The number of rotatable bonds is 5. The van der Waals surface area contributed by atoms with Crippen LogP contribution in [0.5, 0.6) is 0 Å². The van der Waals surface area contributed by atoms with Gasteiger partial charge < -0.3 is 15.5 Å². The monoisotopic (exact) mass is 268 g/mol. The lowest BCUT2D eigenvalue weighted by molar-refractivity contribution is -0.385. The Balaban J connectivity index is 2.92. The van der Waals surface area contributed by atoms with Crippen LogP contribution in [0, 0.1) is 17.0 Å². The Bertz CT molecular complexity index is 528. The molecule has 1 aromatic carbocycles. The zero-order valence-electron chi connectivity index (χ0n) is 9.99. The summed E-state index contributed by atoms with van der Waals surface area (Å²) in [6, 6.07) is 2.25. The van der Waals surface area contributed by atoms with Crippen LogP contribution < -0.4 is 5.32 Å². The number of carboxylic acid groups (broad SMARTS) is 1. The van der Waals surface area contributed by atoms with Gasteiger partial charge in [-0.15, -0.1) is 0 Å². The molecule has 0 radical (unpaired) electrons. The molecule has 8 heteroatoms. The molecule has 0 bridgehead atoms. The standard InChI is InChI=1S/C11H12N2O6/c1-6-4-7(2-3-9(6)13(18)19)10(15)12-8(5-14)11(16)17/h2-4,8,14H,5H2,1H3,(H,12,15)(H,16,17). The van der Waals surface area contributed by atoms with Gasteiger partial charge in [0.15, 0.2) is 6.04 Å². The Hall–Kier alpha value is -2.48. The Labute approximate surface area is 107 Å². The van der Waals surface area contributed by atoms with Gasteiger partial charge in [-0.1, -0.05) is 0 Å². The largest absolute Gasteiger partial charge is 0.480 e. The molecule has 1 rings (SSSR count). The minimum Gasteiger partial charge on any atom is -0.480 e. The van der Waals surface area contributed by atoms with Crippen LogP contribution in [0.15, 0.2) is 18.2 Å². The molecule has 19 heavy (non-hydrogen) atoms. The minimum absolute atomic E-state index is 0.0859. The van der Waals surface area contributed by atoms with Crippen molar-refractivity contribution in [1.82, 2.24) is 5.32 Å². The number of aliphatic hydroxyl groups excluding tert-OH is 1. The molecule has 8 nitrogen and oxygen atoms in total. The van der Waals surface area contributed by atoms with Crippen LogP contribution in [-0.2, 0) is 4.79 Å². The highest BCUT2D eigenvalue weighted by Gasteiger charge is 2.20. The maximum Gasteiger partial charge on any atom is 0.328 e. The smallest absolute Gasteiger partial charge is 0.328 e. The molecule has 1 aromatic rings. The molecule has 0 spiro atoms. The summed E-state index contributed by atoms with van der Waals surface area (Å²) in [5, 5.41) is 30.2. The molecule has 3 N–H and O–H groups in total. The molecule has 0 fully saturated rings. The second-order valence-electron chi connectivity index (χ2n) is 3.81. The first-order chi connectivity index (χ1) is 8.86. The Morgan fingerprint density at radius 3 is 2.53 bits per heavy atom. The number of nitro benzene ring substituents is 1. The highest BCUT2D eigenvalue weighted by Crippen LogP contribution is 2.18. The van der Waals surface area contributed by atoms with Crippen molar-refractivity contribution in [1.29, 1.82) is 0 Å². The van der Waals surface area contributed by atoms with Gasteiger partial charge in [-0.3, -0.25) is 14.9 Å². The number of hydrogen-bond acceptors (Lipinski definition) is 5. The van der Waals surface area contributed by atoms with Gasteiger partial charge >= 0.3 is 5.97 Å². The van der Waals surface area contributed by atoms with Crippen molar-refractivity contribution in [3.63, 3.8) is 0 Å². The summed E-state index contributed by atoms with van der Waals surface area (Å²) in [6.45, 7) is 0.725. The Morgan fingerprint density at radius 2 is 2.11 bits per heavy atom. The van der Waals surface area contributed by atoms with E-state index in [2.05, 4.69) is 5.32 Å². The molecular weight excluding hydrogens is 256 g/mol. The Kier molecular flexibility index (Phi) is 4.54. The van der Waals surface area contributed by atoms with Crippen molar-refractivity contribution in [2.45, 2.75) is 13.0 Å². The quantitative estimate of drug-likeness (QED) is 0.512. The van der Waals surface area contributed by atoms with Gasteiger partial charge in [-0.25, -0.2) is 4.79 Å². The lowest BCUT2D eigenvalue weighted by Gasteiger charge is -2.11. The normalized spacial score (nSPS) is 11.7. The average molecular weight is 268 g/mol. The van der Waals surface area contributed by atoms with Crippen LogP contribution in [-0.4, -0.2) is 39.7 Å². The number of carbonyl (C=O) groups excluding carboxylic acids is 1. The van der Waals surface area contributed by atoms with Crippen molar-refractivity contribution in [2.24, 2.45) is 0 Å². The number of amides is 1. The van der Waals surface area contributed by atoms with Crippen LogP contribution in [0.2, 0.25) is 0 Å². The predicted octanol–water partition coefficient (Wildman–Crippen LogP) is 0.0785. The van der Waals surface area contributed by atoms with Gasteiger partial charge in [0.1, 0.15) is 0 Å². The fourth-order valence-electron chi connectivity index (χ4n) is 1.43. The van der Waals surface area contributed by atoms with Gasteiger partial charge in [0.2, 0.25) is 0 Å². The summed E-state index contributed by atoms with van der Waals surface area (Å²) >= 11 is 0. The van der Waals surface area contributed by atoms with Gasteiger partial charge in [-0.2, -0.15) is 0 Å². The second-order valence-corrected chi connectivity index (χ2v) is 3.81. The minimum atomic E-state index is -1.41. The molecule has 0 aliphatic heterocycles. The molecule has 1 atom stereocenters. The average Bonchev–Trinajstić information content (AvgIpc) is 2.34. The number of nitro groups is 1. The van der Waals surface area contributed by atoms with E-state index in [9.17, 15) is 19.7 Å². The van der Waals surface area contributed by atoms with Crippen LogP contribution in [0.3, 0.4) is 0 Å². The lowest BCUT2D eigenvalue weighted by atomic mass is 10.1. The maximum atomic E-state index is 11.7. The third-order valence-electron chi connectivity index (χ3n) is 2.44. The zero-order valence-corrected chi connectivity index (χ0v) is 9.99. The number of nitrogens with zero attached hydrogens (tertiary/aromatic N) is 1. The third kappa shape index (κ3) is 3.49. The van der Waals surface area contributed by atoms with E-state index >= 15 is 0 Å². The van der Waals surface area contributed by atoms with E-state index in [-0.39, 0.29) is 16.8 Å². The number of nitrogens with one attached hydrogen (secondary N) is 1. The molecule has 102 valence electrons.